The van der Waals surface area contributed by atoms with Crippen molar-refractivity contribution in [2.24, 2.45) is 11.6 Å². The first-order valence-corrected chi connectivity index (χ1v) is 6.75. The third-order valence-electron chi connectivity index (χ3n) is 3.71. The number of nitrogens with zero attached hydrogens (tertiary/aromatic N) is 1. The molecule has 6 nitrogen and oxygen atoms in total. The number of hydrazine groups is 1. The van der Waals surface area contributed by atoms with Gasteiger partial charge in [0, 0.05) is 12.1 Å². The van der Waals surface area contributed by atoms with Gasteiger partial charge in [0.2, 0.25) is 5.91 Å². The molecule has 1 atom stereocenters. The van der Waals surface area contributed by atoms with Crippen LogP contribution in [0.2, 0.25) is 0 Å². The van der Waals surface area contributed by atoms with Crippen LogP contribution in [0.5, 0.6) is 0 Å². The zero-order chi connectivity index (χ0) is 14.5. The maximum Gasteiger partial charge on any atom is 0.265 e. The summed E-state index contributed by atoms with van der Waals surface area (Å²) in [7, 11) is 0. The van der Waals surface area contributed by atoms with Crippen LogP contribution in [-0.4, -0.2) is 29.3 Å². The lowest BCUT2D eigenvalue weighted by molar-refractivity contribution is -0.124. The zero-order valence-electron chi connectivity index (χ0n) is 11.3. The summed E-state index contributed by atoms with van der Waals surface area (Å²) in [6, 6.07) is 7.00. The minimum atomic E-state index is -0.326. The number of nitrogen functional groups attached to an aromatic ring is 1. The van der Waals surface area contributed by atoms with E-state index < -0.39 is 0 Å². The normalized spacial score (nSPS) is 19.6. The molecule has 1 aliphatic heterocycles. The summed E-state index contributed by atoms with van der Waals surface area (Å²) in [5.74, 6) is 4.57. The molecule has 20 heavy (non-hydrogen) atoms. The third-order valence-corrected chi connectivity index (χ3v) is 3.71. The third kappa shape index (κ3) is 3.15. The molecule has 5 N–H and O–H groups in total. The number of nitrogens with one attached hydrogen (secondary N) is 1. The second-order valence-corrected chi connectivity index (χ2v) is 5.02. The first-order valence-electron chi connectivity index (χ1n) is 6.75. The number of nitrogens with two attached hydrogens (primary N) is 2. The predicted octanol–water partition coefficient (Wildman–Crippen LogP) is 0.130. The summed E-state index contributed by atoms with van der Waals surface area (Å²) in [6.45, 7) is 1.34. The molecular weight excluding hydrogens is 256 g/mol. The van der Waals surface area contributed by atoms with Crippen molar-refractivity contribution in [2.45, 2.75) is 31.8 Å². The highest BCUT2D eigenvalue weighted by Crippen LogP contribution is 2.21. The van der Waals surface area contributed by atoms with E-state index in [0.717, 1.165) is 31.4 Å². The fourth-order valence-corrected chi connectivity index (χ4v) is 2.68. The Kier molecular flexibility index (Phi) is 4.70. The Morgan fingerprint density at radius 3 is 2.75 bits per heavy atom. The molecule has 0 saturated carbocycles. The van der Waals surface area contributed by atoms with Crippen LogP contribution in [0.1, 0.15) is 35.2 Å². The molecule has 1 aromatic rings. The SMILES string of the molecule is NNC(=O)c1ccccc1CN1CCCCC1C(N)=O. The van der Waals surface area contributed by atoms with Gasteiger partial charge in [-0.25, -0.2) is 5.84 Å². The summed E-state index contributed by atoms with van der Waals surface area (Å²) in [5.41, 5.74) is 8.98. The van der Waals surface area contributed by atoms with Crippen molar-refractivity contribution in [3.63, 3.8) is 0 Å². The highest BCUT2D eigenvalue weighted by atomic mass is 16.2. The van der Waals surface area contributed by atoms with Gasteiger partial charge < -0.3 is 5.73 Å². The van der Waals surface area contributed by atoms with E-state index in [1.165, 1.54) is 0 Å². The fraction of sp³-hybridized carbons (Fsp3) is 0.429. The van der Waals surface area contributed by atoms with Crippen LogP contribution in [0, 0.1) is 0 Å². The van der Waals surface area contributed by atoms with E-state index in [9.17, 15) is 9.59 Å². The summed E-state index contributed by atoms with van der Waals surface area (Å²) in [5, 5.41) is 0. The van der Waals surface area contributed by atoms with Crippen molar-refractivity contribution in [2.75, 3.05) is 6.54 Å². The quantitative estimate of drug-likeness (QED) is 0.413. The summed E-state index contributed by atoms with van der Waals surface area (Å²) in [6.07, 6.45) is 2.82. The second-order valence-electron chi connectivity index (χ2n) is 5.02. The average Bonchev–Trinajstić information content (AvgIpc) is 2.47. The molecule has 1 aliphatic rings. The topological polar surface area (TPSA) is 101 Å². The average molecular weight is 276 g/mol. The second kappa shape index (κ2) is 6.49. The first-order chi connectivity index (χ1) is 9.63. The van der Waals surface area contributed by atoms with Crippen molar-refractivity contribution in [1.82, 2.24) is 10.3 Å². The van der Waals surface area contributed by atoms with Gasteiger partial charge in [0.05, 0.1) is 6.04 Å². The smallest absolute Gasteiger partial charge is 0.265 e. The highest BCUT2D eigenvalue weighted by Gasteiger charge is 2.27. The first kappa shape index (κ1) is 14.5. The van der Waals surface area contributed by atoms with Crippen LogP contribution in [0.4, 0.5) is 0 Å². The van der Waals surface area contributed by atoms with E-state index >= 15 is 0 Å². The molecule has 0 bridgehead atoms. The van der Waals surface area contributed by atoms with Crippen molar-refractivity contribution < 1.29 is 9.59 Å². The Hall–Kier alpha value is -1.92. The van der Waals surface area contributed by atoms with E-state index in [1.54, 1.807) is 12.1 Å². The molecule has 1 unspecified atom stereocenters. The van der Waals surface area contributed by atoms with E-state index in [1.807, 2.05) is 17.0 Å². The van der Waals surface area contributed by atoms with E-state index in [-0.39, 0.29) is 17.9 Å². The highest BCUT2D eigenvalue weighted by molar-refractivity contribution is 5.95. The van der Waals surface area contributed by atoms with Crippen molar-refractivity contribution in [1.29, 1.82) is 0 Å². The predicted molar refractivity (Wildman–Crippen MR) is 75.3 cm³/mol. The lowest BCUT2D eigenvalue weighted by Gasteiger charge is -2.33. The molecular formula is C14H20N4O2. The molecule has 0 aliphatic carbocycles. The lowest BCUT2D eigenvalue weighted by Crippen LogP contribution is -2.47. The molecule has 108 valence electrons. The summed E-state index contributed by atoms with van der Waals surface area (Å²) < 4.78 is 0. The van der Waals surface area contributed by atoms with Gasteiger partial charge in [-0.15, -0.1) is 0 Å². The van der Waals surface area contributed by atoms with Gasteiger partial charge in [-0.1, -0.05) is 24.6 Å². The number of benzene rings is 1. The molecule has 2 rings (SSSR count). The van der Waals surface area contributed by atoms with Gasteiger partial charge in [-0.05, 0) is 31.0 Å². The minimum Gasteiger partial charge on any atom is -0.368 e. The molecule has 1 heterocycles. The van der Waals surface area contributed by atoms with E-state index in [2.05, 4.69) is 5.43 Å². The molecule has 6 heteroatoms. The number of primary amides is 1. The standard InChI is InChI=1S/C14H20N4O2/c15-13(19)12-7-3-4-8-18(12)9-10-5-1-2-6-11(10)14(20)17-16/h1-2,5-6,12H,3-4,7-9,16H2,(H2,15,19)(H,17,20). The number of carbonyl (C=O) groups is 2. The molecule has 1 saturated heterocycles. The maximum atomic E-state index is 11.7. The maximum absolute atomic E-state index is 11.7. The van der Waals surface area contributed by atoms with Gasteiger partial charge in [0.15, 0.2) is 0 Å². The number of carbonyl (C=O) groups excluding carboxylic acids is 2. The Morgan fingerprint density at radius 2 is 2.05 bits per heavy atom. The van der Waals surface area contributed by atoms with Gasteiger partial charge in [0.25, 0.3) is 5.91 Å². The number of rotatable bonds is 4. The van der Waals surface area contributed by atoms with Crippen molar-refractivity contribution in [3.05, 3.63) is 35.4 Å². The van der Waals surface area contributed by atoms with Crippen LogP contribution < -0.4 is 17.0 Å². The van der Waals surface area contributed by atoms with Crippen molar-refractivity contribution in [3.8, 4) is 0 Å². The van der Waals surface area contributed by atoms with Crippen LogP contribution in [0.15, 0.2) is 24.3 Å². The number of piperidine rings is 1. The minimum absolute atomic E-state index is 0.252. The molecule has 0 radical (unpaired) electrons. The number of likely N-dealkylation sites (tertiary alicyclic amines) is 1. The Labute approximate surface area is 118 Å². The fourth-order valence-electron chi connectivity index (χ4n) is 2.68. The molecule has 0 spiro atoms. The van der Waals surface area contributed by atoms with Gasteiger partial charge in [0.1, 0.15) is 0 Å². The van der Waals surface area contributed by atoms with Crippen LogP contribution >= 0.6 is 0 Å². The number of hydrogen-bond acceptors (Lipinski definition) is 4. The molecule has 0 aromatic heterocycles. The van der Waals surface area contributed by atoms with Gasteiger partial charge >= 0.3 is 0 Å². The lowest BCUT2D eigenvalue weighted by atomic mass is 9.99. The van der Waals surface area contributed by atoms with Crippen LogP contribution in [-0.2, 0) is 11.3 Å². The van der Waals surface area contributed by atoms with Crippen LogP contribution in [0.25, 0.3) is 0 Å². The van der Waals surface area contributed by atoms with E-state index in [0.29, 0.717) is 12.1 Å². The molecule has 1 fully saturated rings. The molecule has 2 amide bonds. The monoisotopic (exact) mass is 276 g/mol. The van der Waals surface area contributed by atoms with Gasteiger partial charge in [-0.3, -0.25) is 19.9 Å². The summed E-state index contributed by atoms with van der Waals surface area (Å²) in [4.78, 5) is 25.3. The molecule has 1 aromatic carbocycles. The largest absolute Gasteiger partial charge is 0.368 e. The van der Waals surface area contributed by atoms with Crippen LogP contribution in [0.3, 0.4) is 0 Å². The Balaban J connectivity index is 2.20. The Bertz CT molecular complexity index is 504. The van der Waals surface area contributed by atoms with Gasteiger partial charge in [-0.2, -0.15) is 0 Å². The zero-order valence-corrected chi connectivity index (χ0v) is 11.3. The Morgan fingerprint density at radius 1 is 1.30 bits per heavy atom. The number of hydrogen-bond donors (Lipinski definition) is 3. The van der Waals surface area contributed by atoms with Crippen molar-refractivity contribution >= 4 is 11.8 Å². The number of amides is 2. The summed E-state index contributed by atoms with van der Waals surface area (Å²) >= 11 is 0. The van der Waals surface area contributed by atoms with E-state index in [4.69, 9.17) is 11.6 Å².